The first-order valence-corrected chi connectivity index (χ1v) is 6.42. The predicted molar refractivity (Wildman–Crippen MR) is 69.5 cm³/mol. The van der Waals surface area contributed by atoms with E-state index in [4.69, 9.17) is 0 Å². The van der Waals surface area contributed by atoms with Crippen LogP contribution in [-0.2, 0) is 0 Å². The highest BCUT2D eigenvalue weighted by Gasteiger charge is 2.17. The van der Waals surface area contributed by atoms with Crippen LogP contribution in [-0.4, -0.2) is 23.4 Å². The lowest BCUT2D eigenvalue weighted by Crippen LogP contribution is -2.32. The number of carbonyl (C=O) groups excluding carboxylic acids is 1. The van der Waals surface area contributed by atoms with Crippen LogP contribution >= 0.6 is 0 Å². The Morgan fingerprint density at radius 3 is 2.82 bits per heavy atom. The van der Waals surface area contributed by atoms with Crippen LogP contribution in [0.5, 0.6) is 0 Å². The minimum Gasteiger partial charge on any atom is -0.368 e. The van der Waals surface area contributed by atoms with Crippen LogP contribution < -0.4 is 4.90 Å². The van der Waals surface area contributed by atoms with Crippen LogP contribution in [0.2, 0.25) is 0 Å². The Hall–Kier alpha value is -1.38. The van der Waals surface area contributed by atoms with Crippen molar-refractivity contribution in [1.29, 1.82) is 0 Å². The van der Waals surface area contributed by atoms with Gasteiger partial charge in [0.2, 0.25) is 0 Å². The maximum Gasteiger partial charge on any atom is 0.178 e. The number of rotatable bonds is 2. The summed E-state index contributed by atoms with van der Waals surface area (Å²) < 4.78 is 0. The van der Waals surface area contributed by atoms with E-state index in [2.05, 4.69) is 16.8 Å². The molecule has 1 fully saturated rings. The van der Waals surface area contributed by atoms with Gasteiger partial charge in [0.25, 0.3) is 0 Å². The number of anilines is 1. The molecular formula is C14H20N2O. The summed E-state index contributed by atoms with van der Waals surface area (Å²) in [5.74, 6) is 0.0282. The number of hydrogen-bond acceptors (Lipinski definition) is 3. The molecule has 1 atom stereocenters. The van der Waals surface area contributed by atoms with Crippen molar-refractivity contribution in [2.75, 3.05) is 11.4 Å². The SMILES string of the molecule is CC(=O)c1ccc(N2CCCCCC2C)cn1. The van der Waals surface area contributed by atoms with E-state index in [0.29, 0.717) is 11.7 Å². The molecule has 1 aliphatic heterocycles. The Labute approximate surface area is 103 Å². The third kappa shape index (κ3) is 2.84. The molecule has 0 spiro atoms. The van der Waals surface area contributed by atoms with E-state index in [0.717, 1.165) is 12.2 Å². The summed E-state index contributed by atoms with van der Waals surface area (Å²) in [7, 11) is 0. The van der Waals surface area contributed by atoms with E-state index in [-0.39, 0.29) is 5.78 Å². The first kappa shape index (κ1) is 12.1. The molecule has 0 aromatic carbocycles. The number of carbonyl (C=O) groups is 1. The highest BCUT2D eigenvalue weighted by atomic mass is 16.1. The van der Waals surface area contributed by atoms with Gasteiger partial charge in [0.1, 0.15) is 5.69 Å². The molecule has 0 N–H and O–H groups in total. The maximum absolute atomic E-state index is 11.2. The monoisotopic (exact) mass is 232 g/mol. The molecule has 1 aromatic heterocycles. The average Bonchev–Trinajstić information content (AvgIpc) is 2.54. The second-order valence-corrected chi connectivity index (χ2v) is 4.85. The fraction of sp³-hybridized carbons (Fsp3) is 0.571. The molecule has 0 saturated carbocycles. The molecule has 2 rings (SSSR count). The topological polar surface area (TPSA) is 33.2 Å². The van der Waals surface area contributed by atoms with E-state index >= 15 is 0 Å². The number of hydrogen-bond donors (Lipinski definition) is 0. The Kier molecular flexibility index (Phi) is 3.77. The predicted octanol–water partition coefficient (Wildman–Crippen LogP) is 3.05. The van der Waals surface area contributed by atoms with Gasteiger partial charge in [-0.1, -0.05) is 12.8 Å². The van der Waals surface area contributed by atoms with Crippen LogP contribution in [0.15, 0.2) is 18.3 Å². The third-order valence-electron chi connectivity index (χ3n) is 3.49. The normalized spacial score (nSPS) is 21.1. The third-order valence-corrected chi connectivity index (χ3v) is 3.49. The van der Waals surface area contributed by atoms with Crippen molar-refractivity contribution in [2.45, 2.75) is 45.6 Å². The van der Waals surface area contributed by atoms with Crippen molar-refractivity contribution >= 4 is 11.5 Å². The summed E-state index contributed by atoms with van der Waals surface area (Å²) in [5, 5.41) is 0. The standard InChI is InChI=1S/C14H20N2O/c1-11-6-4-3-5-9-16(11)13-7-8-14(12(2)17)15-10-13/h7-8,10-11H,3-6,9H2,1-2H3. The molecule has 17 heavy (non-hydrogen) atoms. The van der Waals surface area contributed by atoms with Gasteiger partial charge < -0.3 is 4.90 Å². The Morgan fingerprint density at radius 1 is 1.35 bits per heavy atom. The molecule has 1 aromatic rings. The van der Waals surface area contributed by atoms with Gasteiger partial charge >= 0.3 is 0 Å². The van der Waals surface area contributed by atoms with Gasteiger partial charge in [-0.15, -0.1) is 0 Å². The maximum atomic E-state index is 11.2. The first-order chi connectivity index (χ1) is 8.18. The lowest BCUT2D eigenvalue weighted by Gasteiger charge is -2.29. The van der Waals surface area contributed by atoms with Crippen LogP contribution in [0, 0.1) is 0 Å². The summed E-state index contributed by atoms with van der Waals surface area (Å²) in [6.45, 7) is 4.92. The Balaban J connectivity index is 2.17. The largest absolute Gasteiger partial charge is 0.368 e. The van der Waals surface area contributed by atoms with Crippen LogP contribution in [0.3, 0.4) is 0 Å². The molecular weight excluding hydrogens is 212 g/mol. The molecule has 0 aliphatic carbocycles. The zero-order valence-corrected chi connectivity index (χ0v) is 10.6. The van der Waals surface area contributed by atoms with E-state index in [1.807, 2.05) is 18.3 Å². The zero-order valence-electron chi connectivity index (χ0n) is 10.6. The number of ketones is 1. The molecule has 3 heteroatoms. The molecule has 0 bridgehead atoms. The van der Waals surface area contributed by atoms with Crippen molar-refractivity contribution in [3.63, 3.8) is 0 Å². The quantitative estimate of drug-likeness (QED) is 0.735. The molecule has 92 valence electrons. The number of Topliss-reactive ketones (excluding diaryl/α,β-unsaturated/α-hetero) is 1. The lowest BCUT2D eigenvalue weighted by molar-refractivity contribution is 0.101. The van der Waals surface area contributed by atoms with Crippen molar-refractivity contribution in [2.24, 2.45) is 0 Å². The molecule has 1 aliphatic rings. The van der Waals surface area contributed by atoms with Crippen molar-refractivity contribution in [3.05, 3.63) is 24.0 Å². The first-order valence-electron chi connectivity index (χ1n) is 6.42. The van der Waals surface area contributed by atoms with Gasteiger partial charge in [-0.25, -0.2) is 0 Å². The molecule has 1 saturated heterocycles. The minimum atomic E-state index is 0.0282. The van der Waals surface area contributed by atoms with Gasteiger partial charge in [-0.05, 0) is 31.9 Å². The van der Waals surface area contributed by atoms with Crippen molar-refractivity contribution in [1.82, 2.24) is 4.98 Å². The number of pyridine rings is 1. The van der Waals surface area contributed by atoms with Gasteiger partial charge in [-0.3, -0.25) is 9.78 Å². The summed E-state index contributed by atoms with van der Waals surface area (Å²) >= 11 is 0. The van der Waals surface area contributed by atoms with Crippen molar-refractivity contribution in [3.8, 4) is 0 Å². The summed E-state index contributed by atoms with van der Waals surface area (Å²) in [6.07, 6.45) is 6.96. The lowest BCUT2D eigenvalue weighted by atomic mass is 10.1. The van der Waals surface area contributed by atoms with Crippen LogP contribution in [0.1, 0.15) is 50.0 Å². The van der Waals surface area contributed by atoms with Gasteiger partial charge in [0.05, 0.1) is 11.9 Å². The number of aromatic nitrogens is 1. The molecule has 2 heterocycles. The summed E-state index contributed by atoms with van der Waals surface area (Å²) in [6, 6.07) is 4.42. The van der Waals surface area contributed by atoms with E-state index in [9.17, 15) is 4.79 Å². The molecule has 3 nitrogen and oxygen atoms in total. The van der Waals surface area contributed by atoms with Crippen LogP contribution in [0.4, 0.5) is 5.69 Å². The zero-order chi connectivity index (χ0) is 12.3. The fourth-order valence-corrected chi connectivity index (χ4v) is 2.42. The Morgan fingerprint density at radius 2 is 2.18 bits per heavy atom. The van der Waals surface area contributed by atoms with E-state index in [1.165, 1.54) is 25.7 Å². The fourth-order valence-electron chi connectivity index (χ4n) is 2.42. The molecule has 0 amide bonds. The minimum absolute atomic E-state index is 0.0282. The highest BCUT2D eigenvalue weighted by molar-refractivity contribution is 5.92. The van der Waals surface area contributed by atoms with Gasteiger partial charge in [0, 0.05) is 19.5 Å². The average molecular weight is 232 g/mol. The van der Waals surface area contributed by atoms with Gasteiger partial charge in [0.15, 0.2) is 5.78 Å². The second kappa shape index (κ2) is 5.30. The molecule has 0 radical (unpaired) electrons. The highest BCUT2D eigenvalue weighted by Crippen LogP contribution is 2.23. The summed E-state index contributed by atoms with van der Waals surface area (Å²) in [4.78, 5) is 17.8. The molecule has 1 unspecified atom stereocenters. The van der Waals surface area contributed by atoms with Gasteiger partial charge in [-0.2, -0.15) is 0 Å². The Bertz CT molecular complexity index is 386. The summed E-state index contributed by atoms with van der Waals surface area (Å²) in [5.41, 5.74) is 1.70. The second-order valence-electron chi connectivity index (χ2n) is 4.85. The number of nitrogens with zero attached hydrogens (tertiary/aromatic N) is 2. The smallest absolute Gasteiger partial charge is 0.178 e. The van der Waals surface area contributed by atoms with Crippen LogP contribution in [0.25, 0.3) is 0 Å². The van der Waals surface area contributed by atoms with E-state index < -0.39 is 0 Å². The van der Waals surface area contributed by atoms with Crippen molar-refractivity contribution < 1.29 is 4.79 Å². The van der Waals surface area contributed by atoms with E-state index in [1.54, 1.807) is 6.92 Å².